The average Bonchev–Trinajstić information content (AvgIpc) is 2.33. The predicted molar refractivity (Wildman–Crippen MR) is 65.3 cm³/mol. The van der Waals surface area contributed by atoms with E-state index in [1.165, 1.54) is 11.1 Å². The van der Waals surface area contributed by atoms with E-state index in [0.29, 0.717) is 6.61 Å². The largest absolute Gasteiger partial charge is 0.380 e. The Morgan fingerprint density at radius 3 is 2.38 bits per heavy atom. The van der Waals surface area contributed by atoms with Crippen molar-refractivity contribution in [1.82, 2.24) is 10.2 Å². The van der Waals surface area contributed by atoms with Gasteiger partial charge in [0.15, 0.2) is 0 Å². The van der Waals surface area contributed by atoms with Crippen molar-refractivity contribution in [3.8, 4) is 0 Å². The normalized spacial score (nSPS) is 17.6. The summed E-state index contributed by atoms with van der Waals surface area (Å²) in [5.74, 6) is 0. The molecule has 1 N–H and O–H groups in total. The van der Waals surface area contributed by atoms with Crippen LogP contribution in [0, 0.1) is 0 Å². The van der Waals surface area contributed by atoms with Crippen molar-refractivity contribution in [3.05, 3.63) is 35.4 Å². The molecule has 0 aromatic heterocycles. The van der Waals surface area contributed by atoms with Gasteiger partial charge in [0.05, 0.1) is 6.61 Å². The van der Waals surface area contributed by atoms with E-state index in [-0.39, 0.29) is 0 Å². The molecule has 0 bridgehead atoms. The monoisotopic (exact) mass is 220 g/mol. The molecule has 1 aromatic carbocycles. The topological polar surface area (TPSA) is 24.5 Å². The molecular formula is C13H20N2O. The van der Waals surface area contributed by atoms with Crippen LogP contribution >= 0.6 is 0 Å². The highest BCUT2D eigenvalue weighted by Gasteiger charge is 2.09. The summed E-state index contributed by atoms with van der Waals surface area (Å²) in [6, 6.07) is 8.72. The van der Waals surface area contributed by atoms with Gasteiger partial charge in [-0.05, 0) is 11.1 Å². The first kappa shape index (κ1) is 11.6. The van der Waals surface area contributed by atoms with E-state index in [1.54, 1.807) is 7.11 Å². The van der Waals surface area contributed by atoms with Gasteiger partial charge in [0.1, 0.15) is 0 Å². The van der Waals surface area contributed by atoms with E-state index in [2.05, 4.69) is 34.5 Å². The zero-order valence-electron chi connectivity index (χ0n) is 9.91. The standard InChI is InChI=1S/C13H20N2O/c1-16-11-13-4-2-12(3-5-13)10-15-8-6-14-7-9-15/h2-5,14H,6-11H2,1H3. The van der Waals surface area contributed by atoms with Crippen molar-refractivity contribution in [2.75, 3.05) is 33.3 Å². The first-order valence-electron chi connectivity index (χ1n) is 5.88. The van der Waals surface area contributed by atoms with Crippen molar-refractivity contribution in [3.63, 3.8) is 0 Å². The van der Waals surface area contributed by atoms with Crippen LogP contribution in [0.2, 0.25) is 0 Å². The molecule has 3 nitrogen and oxygen atoms in total. The molecule has 0 unspecified atom stereocenters. The van der Waals surface area contributed by atoms with Gasteiger partial charge in [-0.3, -0.25) is 4.90 Å². The Balaban J connectivity index is 1.88. The maximum absolute atomic E-state index is 5.10. The van der Waals surface area contributed by atoms with Crippen LogP contribution < -0.4 is 5.32 Å². The molecule has 1 fully saturated rings. The molecular weight excluding hydrogens is 200 g/mol. The Morgan fingerprint density at radius 2 is 1.75 bits per heavy atom. The number of rotatable bonds is 4. The van der Waals surface area contributed by atoms with Gasteiger partial charge in [-0.1, -0.05) is 24.3 Å². The van der Waals surface area contributed by atoms with Crippen LogP contribution in [0.3, 0.4) is 0 Å². The van der Waals surface area contributed by atoms with Crippen molar-refractivity contribution >= 4 is 0 Å². The molecule has 3 heteroatoms. The van der Waals surface area contributed by atoms with Crippen LogP contribution in [-0.2, 0) is 17.9 Å². The number of piperazine rings is 1. The maximum Gasteiger partial charge on any atom is 0.0713 e. The Hall–Kier alpha value is -0.900. The molecule has 0 aliphatic carbocycles. The molecule has 1 saturated heterocycles. The molecule has 0 atom stereocenters. The fraction of sp³-hybridized carbons (Fsp3) is 0.538. The van der Waals surface area contributed by atoms with Crippen LogP contribution in [0.15, 0.2) is 24.3 Å². The van der Waals surface area contributed by atoms with Gasteiger partial charge < -0.3 is 10.1 Å². The van der Waals surface area contributed by atoms with E-state index in [9.17, 15) is 0 Å². The van der Waals surface area contributed by atoms with Gasteiger partial charge in [0.2, 0.25) is 0 Å². The summed E-state index contributed by atoms with van der Waals surface area (Å²) in [4.78, 5) is 2.49. The third-order valence-electron chi connectivity index (χ3n) is 2.95. The Morgan fingerprint density at radius 1 is 1.12 bits per heavy atom. The third-order valence-corrected chi connectivity index (χ3v) is 2.95. The predicted octanol–water partition coefficient (Wildman–Crippen LogP) is 1.24. The van der Waals surface area contributed by atoms with Crippen molar-refractivity contribution in [2.24, 2.45) is 0 Å². The molecule has 2 rings (SSSR count). The number of ether oxygens (including phenoxy) is 1. The smallest absolute Gasteiger partial charge is 0.0713 e. The minimum absolute atomic E-state index is 0.702. The van der Waals surface area contributed by atoms with Crippen LogP contribution in [0.25, 0.3) is 0 Å². The summed E-state index contributed by atoms with van der Waals surface area (Å²) in [7, 11) is 1.73. The quantitative estimate of drug-likeness (QED) is 0.826. The zero-order chi connectivity index (χ0) is 11.2. The van der Waals surface area contributed by atoms with Crippen LogP contribution in [-0.4, -0.2) is 38.2 Å². The molecule has 1 aromatic rings. The maximum atomic E-state index is 5.10. The van der Waals surface area contributed by atoms with E-state index in [4.69, 9.17) is 4.74 Å². The highest BCUT2D eigenvalue weighted by Crippen LogP contribution is 2.08. The molecule has 16 heavy (non-hydrogen) atoms. The van der Waals surface area contributed by atoms with Gasteiger partial charge in [-0.25, -0.2) is 0 Å². The van der Waals surface area contributed by atoms with Crippen molar-refractivity contribution < 1.29 is 4.74 Å². The lowest BCUT2D eigenvalue weighted by Gasteiger charge is -2.27. The lowest BCUT2D eigenvalue weighted by Crippen LogP contribution is -2.42. The summed E-state index contributed by atoms with van der Waals surface area (Å²) in [5, 5.41) is 3.37. The summed E-state index contributed by atoms with van der Waals surface area (Å²) in [6.07, 6.45) is 0. The first-order valence-corrected chi connectivity index (χ1v) is 5.88. The minimum atomic E-state index is 0.702. The number of nitrogens with zero attached hydrogens (tertiary/aromatic N) is 1. The highest BCUT2D eigenvalue weighted by molar-refractivity contribution is 5.22. The molecule has 0 spiro atoms. The Kier molecular flexibility index (Phi) is 4.34. The Labute approximate surface area is 97.4 Å². The molecule has 0 radical (unpaired) electrons. The van der Waals surface area contributed by atoms with Gasteiger partial charge in [-0.15, -0.1) is 0 Å². The second kappa shape index (κ2) is 5.99. The summed E-state index contributed by atoms with van der Waals surface area (Å²) < 4.78 is 5.10. The molecule has 88 valence electrons. The molecule has 1 aliphatic heterocycles. The molecule has 0 amide bonds. The second-order valence-electron chi connectivity index (χ2n) is 4.28. The summed E-state index contributed by atoms with van der Waals surface area (Å²) in [6.45, 7) is 6.30. The van der Waals surface area contributed by atoms with Crippen LogP contribution in [0.5, 0.6) is 0 Å². The molecule has 1 heterocycles. The average molecular weight is 220 g/mol. The van der Waals surface area contributed by atoms with Crippen LogP contribution in [0.1, 0.15) is 11.1 Å². The Bertz CT molecular complexity index is 304. The van der Waals surface area contributed by atoms with Crippen LogP contribution in [0.4, 0.5) is 0 Å². The lowest BCUT2D eigenvalue weighted by atomic mass is 10.1. The third kappa shape index (κ3) is 3.30. The van der Waals surface area contributed by atoms with Crippen molar-refractivity contribution in [2.45, 2.75) is 13.2 Å². The number of hydrogen-bond acceptors (Lipinski definition) is 3. The van der Waals surface area contributed by atoms with Crippen molar-refractivity contribution in [1.29, 1.82) is 0 Å². The number of benzene rings is 1. The SMILES string of the molecule is COCc1ccc(CN2CCNCC2)cc1. The first-order chi connectivity index (χ1) is 7.88. The summed E-state index contributed by atoms with van der Waals surface area (Å²) >= 11 is 0. The zero-order valence-corrected chi connectivity index (χ0v) is 9.91. The van der Waals surface area contributed by atoms with E-state index in [0.717, 1.165) is 32.7 Å². The van der Waals surface area contributed by atoms with E-state index < -0.39 is 0 Å². The number of methoxy groups -OCH3 is 1. The molecule has 0 saturated carbocycles. The van der Waals surface area contributed by atoms with E-state index in [1.807, 2.05) is 0 Å². The lowest BCUT2D eigenvalue weighted by molar-refractivity contribution is 0.185. The second-order valence-corrected chi connectivity index (χ2v) is 4.28. The van der Waals surface area contributed by atoms with E-state index >= 15 is 0 Å². The summed E-state index contributed by atoms with van der Waals surface area (Å²) in [5.41, 5.74) is 2.63. The van der Waals surface area contributed by atoms with Gasteiger partial charge >= 0.3 is 0 Å². The fourth-order valence-electron chi connectivity index (χ4n) is 2.04. The van der Waals surface area contributed by atoms with Gasteiger partial charge in [0.25, 0.3) is 0 Å². The number of nitrogens with one attached hydrogen (secondary N) is 1. The van der Waals surface area contributed by atoms with Gasteiger partial charge in [-0.2, -0.15) is 0 Å². The highest BCUT2D eigenvalue weighted by atomic mass is 16.5. The fourth-order valence-corrected chi connectivity index (χ4v) is 2.04. The minimum Gasteiger partial charge on any atom is -0.380 e. The van der Waals surface area contributed by atoms with Gasteiger partial charge in [0, 0.05) is 39.8 Å². The molecule has 1 aliphatic rings. The number of hydrogen-bond donors (Lipinski definition) is 1.